The lowest BCUT2D eigenvalue weighted by molar-refractivity contribution is -0.152. The highest BCUT2D eigenvalue weighted by molar-refractivity contribution is 5.98. The summed E-state index contributed by atoms with van der Waals surface area (Å²) in [6.45, 7) is 0.221. The van der Waals surface area contributed by atoms with Crippen molar-refractivity contribution in [2.75, 3.05) is 6.54 Å². The minimum atomic E-state index is -0.593. The minimum absolute atomic E-state index is 0.00690. The van der Waals surface area contributed by atoms with Crippen molar-refractivity contribution in [1.82, 2.24) is 10.2 Å². The summed E-state index contributed by atoms with van der Waals surface area (Å²) in [6.07, 6.45) is 5.42. The first-order valence-electron chi connectivity index (χ1n) is 7.87. The summed E-state index contributed by atoms with van der Waals surface area (Å²) in [6, 6.07) is 8.51. The van der Waals surface area contributed by atoms with Crippen LogP contribution >= 0.6 is 0 Å². The molecule has 110 valence electrons. The first kappa shape index (κ1) is 12.9. The first-order valence-corrected chi connectivity index (χ1v) is 7.87. The molecule has 1 spiro atoms. The van der Waals surface area contributed by atoms with Crippen molar-refractivity contribution < 1.29 is 9.59 Å². The first-order chi connectivity index (χ1) is 10.2. The minimum Gasteiger partial charge on any atom is -0.340 e. The molecule has 0 unspecified atom stereocenters. The number of benzene rings is 1. The zero-order valence-corrected chi connectivity index (χ0v) is 12.1. The molecular formula is C17H20N2O2. The average molecular weight is 284 g/mol. The Balaban J connectivity index is 1.60. The number of nitrogens with one attached hydrogen (secondary N) is 1. The van der Waals surface area contributed by atoms with Gasteiger partial charge in [-0.05, 0) is 36.8 Å². The van der Waals surface area contributed by atoms with Crippen molar-refractivity contribution >= 4 is 11.8 Å². The molecule has 1 saturated carbocycles. The molecule has 2 aliphatic carbocycles. The quantitative estimate of drug-likeness (QED) is 0.848. The fourth-order valence-corrected chi connectivity index (χ4v) is 4.23. The molecule has 0 atom stereocenters. The van der Waals surface area contributed by atoms with Crippen LogP contribution in [-0.4, -0.2) is 34.8 Å². The largest absolute Gasteiger partial charge is 0.340 e. The van der Waals surface area contributed by atoms with Crippen molar-refractivity contribution in [2.24, 2.45) is 0 Å². The van der Waals surface area contributed by atoms with Crippen LogP contribution < -0.4 is 5.32 Å². The van der Waals surface area contributed by atoms with E-state index in [-0.39, 0.29) is 24.4 Å². The van der Waals surface area contributed by atoms with E-state index in [0.29, 0.717) is 0 Å². The van der Waals surface area contributed by atoms with Crippen molar-refractivity contribution in [3.05, 3.63) is 35.4 Å². The second kappa shape index (κ2) is 4.58. The van der Waals surface area contributed by atoms with Gasteiger partial charge in [0.05, 0.1) is 6.54 Å². The molecule has 0 aromatic heterocycles. The molecule has 4 heteroatoms. The van der Waals surface area contributed by atoms with Gasteiger partial charge in [0.2, 0.25) is 11.8 Å². The van der Waals surface area contributed by atoms with Crippen LogP contribution in [0.15, 0.2) is 24.3 Å². The van der Waals surface area contributed by atoms with E-state index >= 15 is 0 Å². The van der Waals surface area contributed by atoms with Gasteiger partial charge in [0, 0.05) is 6.04 Å². The van der Waals surface area contributed by atoms with E-state index in [9.17, 15) is 9.59 Å². The maximum atomic E-state index is 12.9. The molecule has 1 saturated heterocycles. The molecular weight excluding hydrogens is 264 g/mol. The maximum absolute atomic E-state index is 12.9. The van der Waals surface area contributed by atoms with Crippen LogP contribution in [-0.2, 0) is 22.4 Å². The van der Waals surface area contributed by atoms with Gasteiger partial charge in [-0.3, -0.25) is 9.59 Å². The van der Waals surface area contributed by atoms with Crippen LogP contribution in [0.2, 0.25) is 0 Å². The highest BCUT2D eigenvalue weighted by Crippen LogP contribution is 2.36. The number of nitrogens with zero attached hydrogens (tertiary/aromatic N) is 1. The summed E-state index contributed by atoms with van der Waals surface area (Å²) in [5.41, 5.74) is 2.05. The van der Waals surface area contributed by atoms with Crippen LogP contribution in [0, 0.1) is 0 Å². The van der Waals surface area contributed by atoms with Gasteiger partial charge in [-0.2, -0.15) is 0 Å². The highest BCUT2D eigenvalue weighted by atomic mass is 16.2. The zero-order valence-electron chi connectivity index (χ0n) is 12.1. The maximum Gasteiger partial charge on any atom is 0.249 e. The number of hydrogen-bond donors (Lipinski definition) is 1. The summed E-state index contributed by atoms with van der Waals surface area (Å²) in [5.74, 6) is 0.157. The number of carbonyl (C=O) groups is 2. The molecule has 2 amide bonds. The number of fused-ring (bicyclic) bond motifs is 1. The van der Waals surface area contributed by atoms with Crippen LogP contribution in [0.5, 0.6) is 0 Å². The van der Waals surface area contributed by atoms with E-state index in [0.717, 1.165) is 38.5 Å². The van der Waals surface area contributed by atoms with E-state index in [2.05, 4.69) is 17.4 Å². The number of hydrogen-bond acceptors (Lipinski definition) is 2. The third-order valence-corrected chi connectivity index (χ3v) is 5.29. The van der Waals surface area contributed by atoms with Gasteiger partial charge >= 0.3 is 0 Å². The van der Waals surface area contributed by atoms with Crippen molar-refractivity contribution in [2.45, 2.75) is 50.1 Å². The Morgan fingerprint density at radius 2 is 1.67 bits per heavy atom. The van der Waals surface area contributed by atoms with Gasteiger partial charge in [-0.15, -0.1) is 0 Å². The van der Waals surface area contributed by atoms with Gasteiger partial charge < -0.3 is 10.2 Å². The number of amides is 2. The summed E-state index contributed by atoms with van der Waals surface area (Å²) in [7, 11) is 0. The van der Waals surface area contributed by atoms with Gasteiger partial charge in [0.1, 0.15) is 5.54 Å². The molecule has 1 N–H and O–H groups in total. The zero-order chi connectivity index (χ0) is 14.4. The Labute approximate surface area is 124 Å². The second-order valence-corrected chi connectivity index (χ2v) is 6.60. The predicted octanol–water partition coefficient (Wildman–Crippen LogP) is 1.43. The summed E-state index contributed by atoms with van der Waals surface area (Å²) >= 11 is 0. The van der Waals surface area contributed by atoms with Crippen LogP contribution in [0.1, 0.15) is 36.8 Å². The second-order valence-electron chi connectivity index (χ2n) is 6.60. The molecule has 4 nitrogen and oxygen atoms in total. The Kier molecular flexibility index (Phi) is 2.81. The van der Waals surface area contributed by atoms with E-state index in [4.69, 9.17) is 0 Å². The topological polar surface area (TPSA) is 49.4 Å². The van der Waals surface area contributed by atoms with Gasteiger partial charge in [-0.1, -0.05) is 37.1 Å². The van der Waals surface area contributed by atoms with Crippen LogP contribution in [0.3, 0.4) is 0 Å². The van der Waals surface area contributed by atoms with E-state index < -0.39 is 5.54 Å². The van der Waals surface area contributed by atoms with Gasteiger partial charge in [0.15, 0.2) is 0 Å². The van der Waals surface area contributed by atoms with Crippen molar-refractivity contribution in [1.29, 1.82) is 0 Å². The van der Waals surface area contributed by atoms with Crippen LogP contribution in [0.4, 0.5) is 0 Å². The monoisotopic (exact) mass is 284 g/mol. The lowest BCUT2D eigenvalue weighted by atomic mass is 9.91. The van der Waals surface area contributed by atoms with Crippen molar-refractivity contribution in [3.8, 4) is 0 Å². The fourth-order valence-electron chi connectivity index (χ4n) is 4.23. The van der Waals surface area contributed by atoms with E-state index in [1.165, 1.54) is 11.1 Å². The normalized spacial score (nSPS) is 24.5. The number of carbonyl (C=O) groups excluding carboxylic acids is 2. The van der Waals surface area contributed by atoms with Gasteiger partial charge in [-0.25, -0.2) is 0 Å². The molecule has 21 heavy (non-hydrogen) atoms. The Bertz CT molecular complexity index is 580. The Morgan fingerprint density at radius 1 is 1.05 bits per heavy atom. The Morgan fingerprint density at radius 3 is 2.29 bits per heavy atom. The number of rotatable bonds is 1. The molecule has 1 aromatic rings. The lowest BCUT2D eigenvalue weighted by Crippen LogP contribution is -2.67. The summed E-state index contributed by atoms with van der Waals surface area (Å²) < 4.78 is 0. The molecule has 0 bridgehead atoms. The molecule has 2 fully saturated rings. The lowest BCUT2D eigenvalue weighted by Gasteiger charge is -2.42. The van der Waals surface area contributed by atoms with Crippen LogP contribution in [0.25, 0.3) is 0 Å². The molecule has 0 radical (unpaired) electrons. The third-order valence-electron chi connectivity index (χ3n) is 5.29. The van der Waals surface area contributed by atoms with Gasteiger partial charge in [0.25, 0.3) is 0 Å². The molecule has 4 rings (SSSR count). The van der Waals surface area contributed by atoms with E-state index in [1.54, 1.807) is 0 Å². The Hall–Kier alpha value is -1.84. The number of piperazine rings is 1. The molecule has 1 aliphatic heterocycles. The van der Waals surface area contributed by atoms with Crippen molar-refractivity contribution in [3.63, 3.8) is 0 Å². The summed E-state index contributed by atoms with van der Waals surface area (Å²) in [5, 5.41) is 2.99. The smallest absolute Gasteiger partial charge is 0.249 e. The fraction of sp³-hybridized carbons (Fsp3) is 0.529. The predicted molar refractivity (Wildman–Crippen MR) is 78.7 cm³/mol. The molecule has 3 aliphatic rings. The molecule has 1 heterocycles. The average Bonchev–Trinajstić information content (AvgIpc) is 3.09. The SMILES string of the molecule is O=C1CN(C2Cc3ccccc3C2)C(=O)C2(CCCC2)N1. The summed E-state index contributed by atoms with van der Waals surface area (Å²) in [4.78, 5) is 26.9. The van der Waals surface area contributed by atoms with E-state index in [1.807, 2.05) is 17.0 Å². The standard InChI is InChI=1S/C17H20N2O2/c20-15-11-19(16(21)17(18-15)7-3-4-8-17)14-9-12-5-1-2-6-13(12)10-14/h1-2,5-6,14H,3-4,7-11H2,(H,18,20). The molecule has 1 aromatic carbocycles. The third kappa shape index (κ3) is 1.96. The highest BCUT2D eigenvalue weighted by Gasteiger charge is 2.50.